The molecule has 1 atom stereocenters. The smallest absolute Gasteiger partial charge is 0.326 e. The van der Waals surface area contributed by atoms with Crippen molar-refractivity contribution in [3.8, 4) is 5.75 Å². The van der Waals surface area contributed by atoms with Crippen LogP contribution >= 0.6 is 0 Å². The van der Waals surface area contributed by atoms with Gasteiger partial charge in [0.25, 0.3) is 0 Å². The number of nitrogens with zero attached hydrogens (tertiary/aromatic N) is 1. The van der Waals surface area contributed by atoms with Crippen molar-refractivity contribution in [3.63, 3.8) is 0 Å². The number of rotatable bonds is 15. The number of amides is 4. The summed E-state index contributed by atoms with van der Waals surface area (Å²) in [6.07, 6.45) is -0.0341. The number of nitrogens with one attached hydrogen (secondary N) is 4. The number of carboxylic acid groups (broad SMARTS) is 2. The van der Waals surface area contributed by atoms with Gasteiger partial charge in [0.2, 0.25) is 0 Å². The van der Waals surface area contributed by atoms with Gasteiger partial charge >= 0.3 is 24.0 Å². The van der Waals surface area contributed by atoms with Crippen LogP contribution in [0, 0.1) is 6.92 Å². The minimum Gasteiger partial charge on any atom is -0.495 e. The zero-order chi connectivity index (χ0) is 29.7. The predicted molar refractivity (Wildman–Crippen MR) is 148 cm³/mol. The molecule has 0 bridgehead atoms. The standard InChI is InChI=1S/C27H35N5O8/c1-17-6-4-5-7-20(17)29-26(38)30-21-11-9-18(14-23(21)40-3)8-10-19(33)16-28-12-13-32(2)27(39)31-22(25(36)37)15-24(34)35/h4-7,9,11,14,22,28H,8,10,12-13,15-16H2,1-3H3,(H,31,39)(H,34,35)(H,36,37)(H2,29,30,38). The van der Waals surface area contributed by atoms with Crippen molar-refractivity contribution < 1.29 is 38.9 Å². The molecule has 40 heavy (non-hydrogen) atoms. The molecule has 216 valence electrons. The minimum absolute atomic E-state index is 0.0571. The molecule has 0 saturated heterocycles. The number of benzene rings is 2. The summed E-state index contributed by atoms with van der Waals surface area (Å²) >= 11 is 0. The van der Waals surface area contributed by atoms with Gasteiger partial charge in [-0.05, 0) is 42.7 Å². The van der Waals surface area contributed by atoms with Gasteiger partial charge in [-0.15, -0.1) is 0 Å². The average molecular weight is 558 g/mol. The molecule has 4 amide bonds. The molecule has 6 N–H and O–H groups in total. The lowest BCUT2D eigenvalue weighted by Crippen LogP contribution is -2.48. The molecular weight excluding hydrogens is 522 g/mol. The van der Waals surface area contributed by atoms with Gasteiger partial charge in [-0.1, -0.05) is 24.3 Å². The van der Waals surface area contributed by atoms with Gasteiger partial charge in [0.1, 0.15) is 17.6 Å². The molecule has 0 fully saturated rings. The Morgan fingerprint density at radius 3 is 2.35 bits per heavy atom. The van der Waals surface area contributed by atoms with Crippen molar-refractivity contribution >= 4 is 41.2 Å². The zero-order valence-corrected chi connectivity index (χ0v) is 22.7. The highest BCUT2D eigenvalue weighted by molar-refractivity contribution is 6.01. The van der Waals surface area contributed by atoms with Crippen LogP contribution in [-0.2, 0) is 20.8 Å². The maximum atomic E-state index is 12.4. The highest BCUT2D eigenvalue weighted by atomic mass is 16.5. The number of likely N-dealkylation sites (N-methyl/N-ethyl adjacent to an activating group) is 1. The van der Waals surface area contributed by atoms with Crippen molar-refractivity contribution in [1.29, 1.82) is 0 Å². The third kappa shape index (κ3) is 10.6. The fraction of sp³-hybridized carbons (Fsp3) is 0.370. The SMILES string of the molecule is COc1cc(CCC(=O)CNCCN(C)C(=O)NC(CC(=O)O)C(=O)O)ccc1NC(=O)Nc1ccccc1C. The molecule has 0 aromatic heterocycles. The van der Waals surface area contributed by atoms with E-state index in [1.54, 1.807) is 24.3 Å². The number of hydrogen-bond donors (Lipinski definition) is 6. The molecule has 0 saturated carbocycles. The first-order valence-electron chi connectivity index (χ1n) is 12.5. The molecule has 1 unspecified atom stereocenters. The minimum atomic E-state index is -1.54. The van der Waals surface area contributed by atoms with Crippen molar-refractivity contribution in [2.75, 3.05) is 44.4 Å². The first-order valence-corrected chi connectivity index (χ1v) is 12.5. The van der Waals surface area contributed by atoms with Crippen LogP contribution in [0.3, 0.4) is 0 Å². The Bertz CT molecular complexity index is 1220. The van der Waals surface area contributed by atoms with Crippen LogP contribution in [0.4, 0.5) is 21.0 Å². The first kappa shape index (κ1) is 31.6. The van der Waals surface area contributed by atoms with Gasteiger partial charge in [0.05, 0.1) is 25.8 Å². The maximum Gasteiger partial charge on any atom is 0.326 e. The summed E-state index contributed by atoms with van der Waals surface area (Å²) < 4.78 is 5.41. The Morgan fingerprint density at radius 2 is 1.70 bits per heavy atom. The predicted octanol–water partition coefficient (Wildman–Crippen LogP) is 2.31. The van der Waals surface area contributed by atoms with Crippen LogP contribution in [-0.4, -0.2) is 84.7 Å². The van der Waals surface area contributed by atoms with E-state index in [1.807, 2.05) is 25.1 Å². The van der Waals surface area contributed by atoms with Gasteiger partial charge in [0.15, 0.2) is 0 Å². The van der Waals surface area contributed by atoms with Gasteiger partial charge in [-0.25, -0.2) is 14.4 Å². The molecule has 13 heteroatoms. The number of carboxylic acids is 2. The molecule has 2 aromatic rings. The van der Waals surface area contributed by atoms with E-state index in [4.69, 9.17) is 14.9 Å². The molecule has 0 heterocycles. The average Bonchev–Trinajstić information content (AvgIpc) is 2.90. The van der Waals surface area contributed by atoms with Crippen molar-refractivity contribution in [3.05, 3.63) is 53.6 Å². The number of anilines is 2. The van der Waals surface area contributed by atoms with Crippen LogP contribution in [0.15, 0.2) is 42.5 Å². The largest absolute Gasteiger partial charge is 0.495 e. The van der Waals surface area contributed by atoms with E-state index in [1.165, 1.54) is 19.1 Å². The summed E-state index contributed by atoms with van der Waals surface area (Å²) in [5.74, 6) is -2.39. The number of methoxy groups -OCH3 is 1. The highest BCUT2D eigenvalue weighted by Crippen LogP contribution is 2.26. The molecule has 0 radical (unpaired) electrons. The second-order valence-electron chi connectivity index (χ2n) is 9.00. The Kier molecular flexibility index (Phi) is 12.4. The van der Waals surface area contributed by atoms with E-state index >= 15 is 0 Å². The van der Waals surface area contributed by atoms with E-state index in [9.17, 15) is 24.0 Å². The van der Waals surface area contributed by atoms with E-state index < -0.39 is 36.5 Å². The lowest BCUT2D eigenvalue weighted by Gasteiger charge is -2.20. The lowest BCUT2D eigenvalue weighted by atomic mass is 10.1. The van der Waals surface area contributed by atoms with Crippen LogP contribution in [0.1, 0.15) is 24.0 Å². The van der Waals surface area contributed by atoms with Crippen LogP contribution in [0.5, 0.6) is 5.75 Å². The number of carbonyl (C=O) groups is 5. The number of ketones is 1. The van der Waals surface area contributed by atoms with Crippen LogP contribution < -0.4 is 26.0 Å². The monoisotopic (exact) mass is 557 g/mol. The molecule has 0 aliphatic rings. The van der Waals surface area contributed by atoms with Gasteiger partial charge < -0.3 is 41.1 Å². The Morgan fingerprint density at radius 1 is 1.00 bits per heavy atom. The maximum absolute atomic E-state index is 12.4. The highest BCUT2D eigenvalue weighted by Gasteiger charge is 2.24. The Hall–Kier alpha value is -4.65. The van der Waals surface area contributed by atoms with E-state index in [0.717, 1.165) is 11.1 Å². The normalized spacial score (nSPS) is 11.2. The van der Waals surface area contributed by atoms with Crippen molar-refractivity contribution in [2.24, 2.45) is 0 Å². The third-order valence-electron chi connectivity index (χ3n) is 5.87. The van der Waals surface area contributed by atoms with Crippen molar-refractivity contribution in [2.45, 2.75) is 32.2 Å². The first-order chi connectivity index (χ1) is 19.0. The molecule has 0 aliphatic carbocycles. The number of aryl methyl sites for hydroxylation is 2. The summed E-state index contributed by atoms with van der Waals surface area (Å²) in [5.41, 5.74) is 2.95. The molecule has 0 spiro atoms. The fourth-order valence-electron chi connectivity index (χ4n) is 3.57. The number of aliphatic carboxylic acids is 2. The summed E-state index contributed by atoms with van der Waals surface area (Å²) in [4.78, 5) is 59.8. The number of urea groups is 2. The van der Waals surface area contributed by atoms with Gasteiger partial charge in [-0.3, -0.25) is 9.59 Å². The van der Waals surface area contributed by atoms with E-state index in [0.29, 0.717) is 23.5 Å². The summed E-state index contributed by atoms with van der Waals surface area (Å²) in [7, 11) is 2.92. The topological polar surface area (TPSA) is 186 Å². The molecule has 0 aliphatic heterocycles. The van der Waals surface area contributed by atoms with Crippen molar-refractivity contribution in [1.82, 2.24) is 15.5 Å². The number of Topliss-reactive ketones (excluding diaryl/α,β-unsaturated/α-hetero) is 1. The van der Waals surface area contributed by atoms with Crippen LogP contribution in [0.25, 0.3) is 0 Å². The second-order valence-corrected chi connectivity index (χ2v) is 9.00. The van der Waals surface area contributed by atoms with Crippen LogP contribution in [0.2, 0.25) is 0 Å². The fourth-order valence-corrected chi connectivity index (χ4v) is 3.57. The Balaban J connectivity index is 1.75. The molecular formula is C27H35N5O8. The molecule has 2 aromatic carbocycles. The number of para-hydroxylation sites is 1. The molecule has 13 nitrogen and oxygen atoms in total. The molecule has 2 rings (SSSR count). The summed E-state index contributed by atoms with van der Waals surface area (Å²) in [6.45, 7) is 2.40. The third-order valence-corrected chi connectivity index (χ3v) is 5.87. The number of hydrogen-bond acceptors (Lipinski definition) is 7. The van der Waals surface area contributed by atoms with Gasteiger partial charge in [-0.2, -0.15) is 0 Å². The lowest BCUT2D eigenvalue weighted by molar-refractivity contribution is -0.145. The zero-order valence-electron chi connectivity index (χ0n) is 22.7. The quantitative estimate of drug-likeness (QED) is 0.179. The summed E-state index contributed by atoms with van der Waals surface area (Å²) in [5, 5.41) is 28.4. The van der Waals surface area contributed by atoms with Gasteiger partial charge in [0, 0.05) is 32.2 Å². The number of carbonyl (C=O) groups excluding carboxylic acids is 3. The van der Waals surface area contributed by atoms with E-state index in [2.05, 4.69) is 21.3 Å². The van der Waals surface area contributed by atoms with E-state index in [-0.39, 0.29) is 31.8 Å². The Labute approximate surface area is 231 Å². The second kappa shape index (κ2) is 15.7. The summed E-state index contributed by atoms with van der Waals surface area (Å²) in [6, 6.07) is 9.99. The number of ether oxygens (including phenoxy) is 1.